The predicted molar refractivity (Wildman–Crippen MR) is 66.6 cm³/mol. The van der Waals surface area contributed by atoms with Crippen LogP contribution in [0.15, 0.2) is 26.1 Å². The SMILES string of the molecule is O=S(=O)(/N=C/C1CCCCC1)c1cccs1. The summed E-state index contributed by atoms with van der Waals surface area (Å²) in [6, 6.07) is 3.33. The Morgan fingerprint density at radius 2 is 2.06 bits per heavy atom. The third kappa shape index (κ3) is 2.92. The molecule has 0 bridgehead atoms. The van der Waals surface area contributed by atoms with Gasteiger partial charge in [0.1, 0.15) is 4.21 Å². The van der Waals surface area contributed by atoms with E-state index in [1.54, 1.807) is 23.7 Å². The van der Waals surface area contributed by atoms with Gasteiger partial charge in [-0.2, -0.15) is 12.8 Å². The first-order valence-corrected chi connectivity index (χ1v) is 7.84. The molecule has 88 valence electrons. The zero-order chi connectivity index (χ0) is 11.4. The van der Waals surface area contributed by atoms with Crippen LogP contribution >= 0.6 is 11.3 Å². The zero-order valence-electron chi connectivity index (χ0n) is 9.00. The van der Waals surface area contributed by atoms with E-state index in [9.17, 15) is 8.42 Å². The lowest BCUT2D eigenvalue weighted by atomic mass is 9.90. The largest absolute Gasteiger partial charge is 0.291 e. The molecular weight excluding hydrogens is 242 g/mol. The summed E-state index contributed by atoms with van der Waals surface area (Å²) in [5, 5.41) is 1.75. The fourth-order valence-electron chi connectivity index (χ4n) is 1.91. The summed E-state index contributed by atoms with van der Waals surface area (Å²) in [6.07, 6.45) is 7.43. The van der Waals surface area contributed by atoms with Crippen molar-refractivity contribution in [3.8, 4) is 0 Å². The minimum atomic E-state index is -3.43. The van der Waals surface area contributed by atoms with Crippen molar-refractivity contribution < 1.29 is 8.42 Å². The first kappa shape index (κ1) is 11.8. The Labute approximate surface area is 100 Å². The maximum absolute atomic E-state index is 11.7. The van der Waals surface area contributed by atoms with Gasteiger partial charge in [-0.3, -0.25) is 0 Å². The molecule has 0 spiro atoms. The van der Waals surface area contributed by atoms with E-state index in [2.05, 4.69) is 4.40 Å². The molecule has 3 nitrogen and oxygen atoms in total. The normalized spacial score (nSPS) is 19.2. The van der Waals surface area contributed by atoms with Gasteiger partial charge in [-0.25, -0.2) is 0 Å². The van der Waals surface area contributed by atoms with Gasteiger partial charge in [0.25, 0.3) is 10.0 Å². The molecule has 0 aliphatic heterocycles. The summed E-state index contributed by atoms with van der Waals surface area (Å²) in [5.74, 6) is 0.350. The van der Waals surface area contributed by atoms with Gasteiger partial charge in [0.15, 0.2) is 0 Å². The second kappa shape index (κ2) is 5.10. The Balaban J connectivity index is 2.06. The lowest BCUT2D eigenvalue weighted by Gasteiger charge is -2.16. The summed E-state index contributed by atoms with van der Waals surface area (Å²) >= 11 is 1.21. The van der Waals surface area contributed by atoms with E-state index < -0.39 is 10.0 Å². The van der Waals surface area contributed by atoms with Crippen LogP contribution in [0, 0.1) is 5.92 Å². The average Bonchev–Trinajstić information content (AvgIpc) is 2.82. The van der Waals surface area contributed by atoms with Crippen LogP contribution in [0.5, 0.6) is 0 Å². The van der Waals surface area contributed by atoms with E-state index in [4.69, 9.17) is 0 Å². The average molecular weight is 257 g/mol. The number of hydrogen-bond donors (Lipinski definition) is 0. The molecule has 1 aromatic rings. The number of rotatable bonds is 3. The van der Waals surface area contributed by atoms with Crippen LogP contribution < -0.4 is 0 Å². The minimum Gasteiger partial charge on any atom is -0.198 e. The molecule has 1 heterocycles. The van der Waals surface area contributed by atoms with Gasteiger partial charge in [-0.1, -0.05) is 25.3 Å². The van der Waals surface area contributed by atoms with Crippen LogP contribution in [0.4, 0.5) is 0 Å². The first-order chi connectivity index (χ1) is 7.68. The van der Waals surface area contributed by atoms with Gasteiger partial charge < -0.3 is 0 Å². The molecule has 0 aromatic carbocycles. The van der Waals surface area contributed by atoms with E-state index in [0.717, 1.165) is 12.8 Å². The van der Waals surface area contributed by atoms with Crippen molar-refractivity contribution in [2.75, 3.05) is 0 Å². The van der Waals surface area contributed by atoms with Crippen molar-refractivity contribution in [1.29, 1.82) is 0 Å². The molecule has 16 heavy (non-hydrogen) atoms. The molecule has 1 aliphatic rings. The molecule has 0 radical (unpaired) electrons. The van der Waals surface area contributed by atoms with Crippen LogP contribution in [0.2, 0.25) is 0 Å². The number of thiophene rings is 1. The fraction of sp³-hybridized carbons (Fsp3) is 0.545. The summed E-state index contributed by atoms with van der Waals surface area (Å²) < 4.78 is 27.6. The monoisotopic (exact) mass is 257 g/mol. The Kier molecular flexibility index (Phi) is 3.76. The summed E-state index contributed by atoms with van der Waals surface area (Å²) in [4.78, 5) is 0. The van der Waals surface area contributed by atoms with Crippen LogP contribution in [-0.2, 0) is 10.0 Å². The molecule has 0 saturated heterocycles. The summed E-state index contributed by atoms with van der Waals surface area (Å²) in [5.41, 5.74) is 0. The Morgan fingerprint density at radius 1 is 1.31 bits per heavy atom. The molecule has 1 saturated carbocycles. The predicted octanol–water partition coefficient (Wildman–Crippen LogP) is 3.09. The second-order valence-electron chi connectivity index (χ2n) is 4.06. The highest BCUT2D eigenvalue weighted by Crippen LogP contribution is 2.23. The van der Waals surface area contributed by atoms with Crippen molar-refractivity contribution in [2.24, 2.45) is 10.3 Å². The van der Waals surface area contributed by atoms with Gasteiger partial charge in [0.2, 0.25) is 0 Å². The minimum absolute atomic E-state index is 0.333. The molecule has 1 aliphatic carbocycles. The van der Waals surface area contributed by atoms with Gasteiger partial charge in [-0.05, 0) is 30.2 Å². The van der Waals surface area contributed by atoms with Crippen LogP contribution in [-0.4, -0.2) is 14.6 Å². The van der Waals surface area contributed by atoms with Crippen molar-refractivity contribution in [3.63, 3.8) is 0 Å². The van der Waals surface area contributed by atoms with Crippen molar-refractivity contribution in [1.82, 2.24) is 0 Å². The Hall–Kier alpha value is -0.680. The van der Waals surface area contributed by atoms with E-state index in [1.807, 2.05) is 0 Å². The van der Waals surface area contributed by atoms with Crippen LogP contribution in [0.25, 0.3) is 0 Å². The van der Waals surface area contributed by atoms with E-state index in [0.29, 0.717) is 10.1 Å². The van der Waals surface area contributed by atoms with Gasteiger partial charge in [0, 0.05) is 6.21 Å². The van der Waals surface area contributed by atoms with Crippen molar-refractivity contribution in [2.45, 2.75) is 36.3 Å². The molecule has 0 atom stereocenters. The Morgan fingerprint density at radius 3 is 2.69 bits per heavy atom. The van der Waals surface area contributed by atoms with Crippen LogP contribution in [0.3, 0.4) is 0 Å². The highest BCUT2D eigenvalue weighted by Gasteiger charge is 2.15. The van der Waals surface area contributed by atoms with Gasteiger partial charge in [0.05, 0.1) is 0 Å². The Bertz CT molecular complexity index is 442. The number of hydrogen-bond acceptors (Lipinski definition) is 3. The highest BCUT2D eigenvalue weighted by molar-refractivity contribution is 7.92. The maximum atomic E-state index is 11.7. The maximum Gasteiger partial charge on any atom is 0.291 e. The van der Waals surface area contributed by atoms with Gasteiger partial charge in [-0.15, -0.1) is 11.3 Å². The van der Waals surface area contributed by atoms with E-state index in [1.165, 1.54) is 30.6 Å². The van der Waals surface area contributed by atoms with Gasteiger partial charge >= 0.3 is 0 Å². The third-order valence-electron chi connectivity index (χ3n) is 2.81. The van der Waals surface area contributed by atoms with E-state index >= 15 is 0 Å². The van der Waals surface area contributed by atoms with Crippen LogP contribution in [0.1, 0.15) is 32.1 Å². The topological polar surface area (TPSA) is 46.5 Å². The molecule has 0 N–H and O–H groups in total. The van der Waals surface area contributed by atoms with Crippen molar-refractivity contribution >= 4 is 27.6 Å². The lowest BCUT2D eigenvalue weighted by Crippen LogP contribution is -2.08. The highest BCUT2D eigenvalue weighted by atomic mass is 32.2. The molecule has 1 fully saturated rings. The molecular formula is C11H15NO2S2. The number of sulfonamides is 1. The molecule has 5 heteroatoms. The molecule has 1 aromatic heterocycles. The molecule has 0 unspecified atom stereocenters. The zero-order valence-corrected chi connectivity index (χ0v) is 10.6. The van der Waals surface area contributed by atoms with Crippen molar-refractivity contribution in [3.05, 3.63) is 17.5 Å². The summed E-state index contributed by atoms with van der Waals surface area (Å²) in [7, 11) is -3.43. The second-order valence-corrected chi connectivity index (χ2v) is 6.87. The number of nitrogens with zero attached hydrogens (tertiary/aromatic N) is 1. The lowest BCUT2D eigenvalue weighted by molar-refractivity contribution is 0.445. The quantitative estimate of drug-likeness (QED) is 0.781. The smallest absolute Gasteiger partial charge is 0.198 e. The standard InChI is InChI=1S/C11H15NO2S2/c13-16(14,11-7-4-8-15-11)12-9-10-5-2-1-3-6-10/h4,7-10H,1-3,5-6H2/b12-9+. The summed E-state index contributed by atoms with van der Waals surface area (Å²) in [6.45, 7) is 0. The van der Waals surface area contributed by atoms with E-state index in [-0.39, 0.29) is 0 Å². The first-order valence-electron chi connectivity index (χ1n) is 5.52. The molecule has 0 amide bonds. The third-order valence-corrected chi connectivity index (χ3v) is 5.44. The molecule has 2 rings (SSSR count). The fourth-order valence-corrected chi connectivity index (χ4v) is 3.83.